The molecule has 34 heavy (non-hydrogen) atoms. The zero-order valence-electron chi connectivity index (χ0n) is 21.3. The molecule has 0 N–H and O–H groups in total. The summed E-state index contributed by atoms with van der Waals surface area (Å²) in [7, 11) is 1.92. The first-order chi connectivity index (χ1) is 16.5. The van der Waals surface area contributed by atoms with Crippen LogP contribution >= 0.6 is 0 Å². The number of fused-ring (bicyclic) bond motifs is 6. The van der Waals surface area contributed by atoms with E-state index in [1.165, 1.54) is 51.4 Å². The van der Waals surface area contributed by atoms with E-state index in [9.17, 15) is 4.79 Å². The Hall–Kier alpha value is -1.68. The van der Waals surface area contributed by atoms with Gasteiger partial charge in [-0.1, -0.05) is 32.4 Å². The van der Waals surface area contributed by atoms with Gasteiger partial charge in [-0.3, -0.25) is 4.79 Å². The van der Waals surface area contributed by atoms with Crippen LogP contribution in [0.1, 0.15) is 71.6 Å². The van der Waals surface area contributed by atoms with Gasteiger partial charge in [-0.25, -0.2) is 4.98 Å². The van der Waals surface area contributed by atoms with Crippen molar-refractivity contribution in [2.45, 2.75) is 78.2 Å². The Morgan fingerprint density at radius 1 is 1.09 bits per heavy atom. The Balaban J connectivity index is 1.24. The van der Waals surface area contributed by atoms with Gasteiger partial charge in [-0.2, -0.15) is 0 Å². The molecule has 0 saturated heterocycles. The summed E-state index contributed by atoms with van der Waals surface area (Å²) in [5, 5.41) is 0. The summed E-state index contributed by atoms with van der Waals surface area (Å²) in [6.07, 6.45) is 13.6. The Morgan fingerprint density at radius 3 is 2.79 bits per heavy atom. The van der Waals surface area contributed by atoms with E-state index in [-0.39, 0.29) is 11.3 Å². The van der Waals surface area contributed by atoms with Gasteiger partial charge in [0.15, 0.2) is 5.78 Å². The smallest absolute Gasteiger partial charge is 0.156 e. The van der Waals surface area contributed by atoms with E-state index in [1.54, 1.807) is 0 Å². The third-order valence-electron chi connectivity index (χ3n) is 11.3. The topological polar surface area (TPSA) is 44.1 Å². The highest BCUT2D eigenvalue weighted by Crippen LogP contribution is 2.68. The molecule has 8 unspecified atom stereocenters. The van der Waals surface area contributed by atoms with Gasteiger partial charge in [0, 0.05) is 13.0 Å². The molecule has 2 aromatic rings. The van der Waals surface area contributed by atoms with Gasteiger partial charge < -0.3 is 9.30 Å². The summed E-state index contributed by atoms with van der Waals surface area (Å²) in [6, 6.07) is 8.17. The maximum Gasteiger partial charge on any atom is 0.156 e. The van der Waals surface area contributed by atoms with Crippen LogP contribution in [-0.4, -0.2) is 29.1 Å². The molecular weight excluding hydrogens is 420 g/mol. The number of imidazole rings is 1. The largest absolute Gasteiger partial charge is 0.384 e. The summed E-state index contributed by atoms with van der Waals surface area (Å²) >= 11 is 0. The van der Waals surface area contributed by atoms with Crippen molar-refractivity contribution in [1.29, 1.82) is 0 Å². The zero-order chi connectivity index (χ0) is 23.5. The highest BCUT2D eigenvalue weighted by Gasteiger charge is 2.62. The molecule has 4 fully saturated rings. The Labute approximate surface area is 204 Å². The van der Waals surface area contributed by atoms with Gasteiger partial charge in [0.2, 0.25) is 0 Å². The first kappa shape index (κ1) is 22.8. The van der Waals surface area contributed by atoms with Crippen molar-refractivity contribution in [2.75, 3.05) is 13.7 Å². The molecule has 0 bridgehead atoms. The van der Waals surface area contributed by atoms with Crippen molar-refractivity contribution in [3.8, 4) is 0 Å². The van der Waals surface area contributed by atoms with Crippen LogP contribution in [-0.2, 0) is 16.1 Å². The average Bonchev–Trinajstić information content (AvgIpc) is 3.40. The molecule has 4 aliphatic rings. The molecule has 4 saturated carbocycles. The maximum atomic E-state index is 13.7. The lowest BCUT2D eigenvalue weighted by Crippen LogP contribution is -2.56. The minimum absolute atomic E-state index is 0.164. The second-order valence-corrected chi connectivity index (χ2v) is 12.7. The summed E-state index contributed by atoms with van der Waals surface area (Å²) < 4.78 is 8.02. The number of hydrogen-bond donors (Lipinski definition) is 0. The van der Waals surface area contributed by atoms with E-state index < -0.39 is 0 Å². The number of rotatable bonds is 5. The van der Waals surface area contributed by atoms with Crippen LogP contribution in [0.25, 0.3) is 11.0 Å². The molecule has 6 rings (SSSR count). The van der Waals surface area contributed by atoms with Gasteiger partial charge in [-0.05, 0) is 104 Å². The highest BCUT2D eigenvalue weighted by atomic mass is 16.5. The van der Waals surface area contributed by atoms with E-state index in [2.05, 4.69) is 29.5 Å². The number of aromatic nitrogens is 2. The fourth-order valence-electron chi connectivity index (χ4n) is 9.76. The van der Waals surface area contributed by atoms with Crippen LogP contribution in [0.2, 0.25) is 0 Å². The molecule has 0 radical (unpaired) electrons. The Kier molecular flexibility index (Phi) is 5.67. The average molecular weight is 463 g/mol. The van der Waals surface area contributed by atoms with Gasteiger partial charge >= 0.3 is 0 Å². The van der Waals surface area contributed by atoms with Crippen molar-refractivity contribution in [1.82, 2.24) is 9.55 Å². The van der Waals surface area contributed by atoms with Crippen LogP contribution in [0, 0.1) is 46.3 Å². The predicted molar refractivity (Wildman–Crippen MR) is 135 cm³/mol. The molecule has 1 heterocycles. The molecule has 4 aliphatic carbocycles. The van der Waals surface area contributed by atoms with Gasteiger partial charge in [0.25, 0.3) is 0 Å². The number of para-hydroxylation sites is 2. The van der Waals surface area contributed by atoms with E-state index in [0.717, 1.165) is 47.7 Å². The number of hydrogen-bond acceptors (Lipinski definition) is 3. The van der Waals surface area contributed by atoms with E-state index in [1.807, 2.05) is 31.6 Å². The van der Waals surface area contributed by atoms with Crippen molar-refractivity contribution >= 4 is 16.8 Å². The molecule has 8 atom stereocenters. The molecule has 184 valence electrons. The number of carbonyl (C=O) groups is 1. The zero-order valence-corrected chi connectivity index (χ0v) is 21.3. The molecule has 0 spiro atoms. The summed E-state index contributed by atoms with van der Waals surface area (Å²) in [4.78, 5) is 18.3. The molecule has 4 nitrogen and oxygen atoms in total. The van der Waals surface area contributed by atoms with Crippen molar-refractivity contribution in [2.24, 2.45) is 46.3 Å². The van der Waals surface area contributed by atoms with Crippen molar-refractivity contribution in [3.63, 3.8) is 0 Å². The summed E-state index contributed by atoms with van der Waals surface area (Å²) in [5.74, 6) is 4.62. The minimum atomic E-state index is 0.164. The summed E-state index contributed by atoms with van der Waals surface area (Å²) in [5.41, 5.74) is 2.61. The fraction of sp³-hybridized carbons (Fsp3) is 0.733. The lowest BCUT2D eigenvalue weighted by molar-refractivity contribution is -0.154. The van der Waals surface area contributed by atoms with Crippen LogP contribution in [0.3, 0.4) is 0 Å². The van der Waals surface area contributed by atoms with E-state index in [4.69, 9.17) is 4.74 Å². The number of carbonyl (C=O) groups excluding carboxylic acids is 1. The molecule has 1 aromatic carbocycles. The van der Waals surface area contributed by atoms with E-state index >= 15 is 0 Å². The number of Topliss-reactive ketones (excluding diaryl/α,β-unsaturated/α-hetero) is 1. The quantitative estimate of drug-likeness (QED) is 0.508. The number of nitrogens with zero attached hydrogens (tertiary/aromatic N) is 2. The predicted octanol–water partition coefficient (Wildman–Crippen LogP) is 6.53. The van der Waals surface area contributed by atoms with Crippen molar-refractivity contribution in [3.05, 3.63) is 30.6 Å². The summed E-state index contributed by atoms with van der Waals surface area (Å²) in [6.45, 7) is 6.35. The fourth-order valence-corrected chi connectivity index (χ4v) is 9.76. The Bertz CT molecular complexity index is 1060. The third-order valence-corrected chi connectivity index (χ3v) is 11.3. The second-order valence-electron chi connectivity index (χ2n) is 12.7. The van der Waals surface area contributed by atoms with Crippen LogP contribution < -0.4 is 0 Å². The van der Waals surface area contributed by atoms with Gasteiger partial charge in [-0.15, -0.1) is 0 Å². The minimum Gasteiger partial charge on any atom is -0.384 e. The van der Waals surface area contributed by atoms with Crippen LogP contribution in [0.15, 0.2) is 30.6 Å². The lowest BCUT2D eigenvalue weighted by Gasteiger charge is -2.62. The molecule has 0 amide bonds. The number of benzene rings is 1. The van der Waals surface area contributed by atoms with Crippen LogP contribution in [0.5, 0.6) is 0 Å². The van der Waals surface area contributed by atoms with Gasteiger partial charge in [0.1, 0.15) is 0 Å². The van der Waals surface area contributed by atoms with E-state index in [0.29, 0.717) is 23.7 Å². The number of ether oxygens (including phenoxy) is 1. The molecule has 1 aromatic heterocycles. The number of methoxy groups -OCH3 is 1. The Morgan fingerprint density at radius 2 is 1.94 bits per heavy atom. The van der Waals surface area contributed by atoms with Crippen molar-refractivity contribution < 1.29 is 9.53 Å². The first-order valence-electron chi connectivity index (χ1n) is 13.9. The lowest BCUT2D eigenvalue weighted by atomic mass is 9.44. The van der Waals surface area contributed by atoms with Gasteiger partial charge in [0.05, 0.1) is 30.5 Å². The molecular formula is C30H42N2O2. The normalized spacial score (nSPS) is 41.6. The maximum absolute atomic E-state index is 13.7. The monoisotopic (exact) mass is 462 g/mol. The first-order valence-corrected chi connectivity index (χ1v) is 13.9. The standard InChI is InChI=1S/C30H42N2O2/c1-20-12-15-30(18-34-3)21(16-20)8-9-22-23-10-11-25(29(23,2)14-13-24(22)30)28(33)17-32-19-31-26-6-4-5-7-27(26)32/h4-7,19-25H,8-18H2,1-3H3. The molecule has 4 heteroatoms. The number of ketones is 1. The molecule has 0 aliphatic heterocycles. The van der Waals surface area contributed by atoms with Crippen LogP contribution in [0.4, 0.5) is 0 Å². The highest BCUT2D eigenvalue weighted by molar-refractivity contribution is 5.84. The SMILES string of the molecule is COCC12CCC(C)CC1CCC1C3CCC(C(=O)Cn4cnc5ccccc54)C3(C)CCC12. The second kappa shape index (κ2) is 8.47. The third kappa shape index (κ3) is 3.34.